The molecule has 7 heteroatoms. The topological polar surface area (TPSA) is 88.7 Å². The highest BCUT2D eigenvalue weighted by atomic mass is 16.5. The molecule has 0 radical (unpaired) electrons. The summed E-state index contributed by atoms with van der Waals surface area (Å²) in [4.78, 5) is 24.7. The highest BCUT2D eigenvalue weighted by Gasteiger charge is 2.22. The van der Waals surface area contributed by atoms with E-state index >= 15 is 0 Å². The van der Waals surface area contributed by atoms with Crippen LogP contribution in [0.2, 0.25) is 0 Å². The van der Waals surface area contributed by atoms with Crippen LogP contribution < -0.4 is 20.7 Å². The van der Waals surface area contributed by atoms with Gasteiger partial charge in [0.2, 0.25) is 5.91 Å². The van der Waals surface area contributed by atoms with Crippen LogP contribution in [0.25, 0.3) is 0 Å². The third-order valence-electron chi connectivity index (χ3n) is 4.35. The minimum atomic E-state index is -0.648. The van der Waals surface area contributed by atoms with E-state index in [1.807, 2.05) is 68.4 Å². The molecule has 7 nitrogen and oxygen atoms in total. The number of ether oxygens (including phenoxy) is 2. The zero-order valence-corrected chi connectivity index (χ0v) is 17.8. The average molecular weight is 414 g/mol. The first-order valence-corrected chi connectivity index (χ1v) is 10.1. The monoisotopic (exact) mass is 413 g/mol. The van der Waals surface area contributed by atoms with Crippen LogP contribution in [0.15, 0.2) is 54.6 Å². The molecule has 0 unspecified atom stereocenters. The summed E-state index contributed by atoms with van der Waals surface area (Å²) >= 11 is 0. The molecule has 2 amide bonds. The normalized spacial score (nSPS) is 11.5. The maximum Gasteiger partial charge on any atom is 0.408 e. The van der Waals surface area contributed by atoms with Crippen LogP contribution >= 0.6 is 0 Å². The third-order valence-corrected chi connectivity index (χ3v) is 4.35. The molecule has 0 aliphatic carbocycles. The Labute approximate surface area is 178 Å². The second kappa shape index (κ2) is 12.4. The highest BCUT2D eigenvalue weighted by molar-refractivity contribution is 5.85. The van der Waals surface area contributed by atoms with Crippen LogP contribution in [-0.4, -0.2) is 38.2 Å². The minimum Gasteiger partial charge on any atom is -0.497 e. The summed E-state index contributed by atoms with van der Waals surface area (Å²) in [5.74, 6) is 0.775. The number of hydrogen-bond donors (Lipinski definition) is 3. The van der Waals surface area contributed by atoms with Crippen LogP contribution in [0.4, 0.5) is 10.5 Å². The van der Waals surface area contributed by atoms with Crippen LogP contribution in [0.5, 0.6) is 5.75 Å². The van der Waals surface area contributed by atoms with Gasteiger partial charge in [0.25, 0.3) is 0 Å². The summed E-state index contributed by atoms with van der Waals surface area (Å²) in [6.45, 7) is 5.13. The molecule has 2 rings (SSSR count). The van der Waals surface area contributed by atoms with E-state index in [1.165, 1.54) is 0 Å². The van der Waals surface area contributed by atoms with Crippen molar-refractivity contribution in [3.63, 3.8) is 0 Å². The van der Waals surface area contributed by atoms with Gasteiger partial charge in [-0.2, -0.15) is 0 Å². The summed E-state index contributed by atoms with van der Waals surface area (Å²) < 4.78 is 10.4. The maximum absolute atomic E-state index is 12.6. The standard InChI is InChI=1S/C23H31N3O4/c1-17(2)14-21(26-23(28)30-16-18-8-5-4-6-9-18)22(27)25-13-12-24-19-10-7-11-20(15-19)29-3/h4-11,15,17,21,24H,12-14,16H2,1-3H3,(H,25,27)(H,26,28)/t21-/m0/s1. The molecule has 3 N–H and O–H groups in total. The van der Waals surface area contributed by atoms with Crippen LogP contribution in [0, 0.1) is 5.92 Å². The summed E-state index contributed by atoms with van der Waals surface area (Å²) in [7, 11) is 1.62. The van der Waals surface area contributed by atoms with E-state index < -0.39 is 12.1 Å². The Hall–Kier alpha value is -3.22. The van der Waals surface area contributed by atoms with Gasteiger partial charge in [-0.25, -0.2) is 4.79 Å². The van der Waals surface area contributed by atoms with Crippen molar-refractivity contribution in [1.29, 1.82) is 0 Å². The van der Waals surface area contributed by atoms with E-state index in [0.29, 0.717) is 19.5 Å². The van der Waals surface area contributed by atoms with Crippen LogP contribution in [-0.2, 0) is 16.1 Å². The van der Waals surface area contributed by atoms with Crippen molar-refractivity contribution in [3.8, 4) is 5.75 Å². The van der Waals surface area contributed by atoms with Gasteiger partial charge in [0.15, 0.2) is 0 Å². The van der Waals surface area contributed by atoms with Crippen molar-refractivity contribution >= 4 is 17.7 Å². The summed E-state index contributed by atoms with van der Waals surface area (Å²) in [6, 6.07) is 16.3. The molecule has 0 saturated heterocycles. The summed E-state index contributed by atoms with van der Waals surface area (Å²) in [5, 5.41) is 8.77. The minimum absolute atomic E-state index is 0.160. The number of rotatable bonds is 11. The zero-order chi connectivity index (χ0) is 21.8. The van der Waals surface area contributed by atoms with Gasteiger partial charge in [0.1, 0.15) is 18.4 Å². The Morgan fingerprint density at radius 2 is 1.77 bits per heavy atom. The number of hydrogen-bond acceptors (Lipinski definition) is 5. The van der Waals surface area contributed by atoms with Gasteiger partial charge in [0, 0.05) is 24.8 Å². The van der Waals surface area contributed by atoms with Gasteiger partial charge in [-0.15, -0.1) is 0 Å². The molecule has 0 aliphatic rings. The van der Waals surface area contributed by atoms with E-state index in [1.54, 1.807) is 7.11 Å². The molecule has 2 aromatic carbocycles. The quantitative estimate of drug-likeness (QED) is 0.490. The Kier molecular flexibility index (Phi) is 9.51. The van der Waals surface area contributed by atoms with Crippen LogP contribution in [0.3, 0.4) is 0 Å². The fourth-order valence-electron chi connectivity index (χ4n) is 2.86. The lowest BCUT2D eigenvalue weighted by Crippen LogP contribution is -2.48. The number of benzene rings is 2. The molecule has 0 bridgehead atoms. The van der Waals surface area contributed by atoms with E-state index in [4.69, 9.17) is 9.47 Å². The predicted molar refractivity (Wildman–Crippen MR) is 117 cm³/mol. The Morgan fingerprint density at radius 3 is 2.47 bits per heavy atom. The number of methoxy groups -OCH3 is 1. The number of alkyl carbamates (subject to hydrolysis) is 1. The molecule has 162 valence electrons. The van der Waals surface area contributed by atoms with Crippen molar-refractivity contribution in [2.45, 2.75) is 32.9 Å². The number of anilines is 1. The molecule has 0 aliphatic heterocycles. The Morgan fingerprint density at radius 1 is 1.00 bits per heavy atom. The van der Waals surface area contributed by atoms with Gasteiger partial charge in [-0.05, 0) is 30.0 Å². The fourth-order valence-corrected chi connectivity index (χ4v) is 2.86. The second-order valence-electron chi connectivity index (χ2n) is 7.34. The predicted octanol–water partition coefficient (Wildman–Crippen LogP) is 3.56. The lowest BCUT2D eigenvalue weighted by Gasteiger charge is -2.20. The number of nitrogens with one attached hydrogen (secondary N) is 3. The number of amides is 2. The number of carbonyl (C=O) groups is 2. The van der Waals surface area contributed by atoms with E-state index in [2.05, 4.69) is 16.0 Å². The molecule has 0 spiro atoms. The first kappa shape index (κ1) is 23.1. The van der Waals surface area contributed by atoms with E-state index in [0.717, 1.165) is 17.0 Å². The molecule has 0 saturated carbocycles. The van der Waals surface area contributed by atoms with E-state index in [9.17, 15) is 9.59 Å². The average Bonchev–Trinajstić information content (AvgIpc) is 2.75. The fraction of sp³-hybridized carbons (Fsp3) is 0.391. The molecule has 0 heterocycles. The van der Waals surface area contributed by atoms with Gasteiger partial charge >= 0.3 is 6.09 Å². The number of carbonyl (C=O) groups excluding carboxylic acids is 2. The Balaban J connectivity index is 1.78. The van der Waals surface area contributed by atoms with Crippen molar-refractivity contribution in [3.05, 3.63) is 60.2 Å². The maximum atomic E-state index is 12.6. The molecule has 0 aromatic heterocycles. The second-order valence-corrected chi connectivity index (χ2v) is 7.34. The molecule has 30 heavy (non-hydrogen) atoms. The summed E-state index contributed by atoms with van der Waals surface area (Å²) in [6.07, 6.45) is -0.0792. The Bertz CT molecular complexity index is 796. The molecular weight excluding hydrogens is 382 g/mol. The zero-order valence-electron chi connectivity index (χ0n) is 17.8. The smallest absolute Gasteiger partial charge is 0.408 e. The third kappa shape index (κ3) is 8.43. The molecule has 1 atom stereocenters. The van der Waals surface area contributed by atoms with E-state index in [-0.39, 0.29) is 18.4 Å². The van der Waals surface area contributed by atoms with Crippen molar-refractivity contribution in [1.82, 2.24) is 10.6 Å². The van der Waals surface area contributed by atoms with Crippen LogP contribution in [0.1, 0.15) is 25.8 Å². The summed E-state index contributed by atoms with van der Waals surface area (Å²) in [5.41, 5.74) is 1.80. The van der Waals surface area contributed by atoms with Gasteiger partial charge < -0.3 is 25.4 Å². The molecule has 2 aromatic rings. The first-order chi connectivity index (χ1) is 14.5. The highest BCUT2D eigenvalue weighted by Crippen LogP contribution is 2.16. The van der Waals surface area contributed by atoms with Gasteiger partial charge in [-0.3, -0.25) is 4.79 Å². The van der Waals surface area contributed by atoms with Gasteiger partial charge in [0.05, 0.1) is 7.11 Å². The molecule has 0 fully saturated rings. The largest absolute Gasteiger partial charge is 0.497 e. The lowest BCUT2D eigenvalue weighted by molar-refractivity contribution is -0.123. The lowest BCUT2D eigenvalue weighted by atomic mass is 10.0. The van der Waals surface area contributed by atoms with Crippen molar-refractivity contribution < 1.29 is 19.1 Å². The van der Waals surface area contributed by atoms with Crippen molar-refractivity contribution in [2.24, 2.45) is 5.92 Å². The first-order valence-electron chi connectivity index (χ1n) is 10.1. The molecular formula is C23H31N3O4. The SMILES string of the molecule is COc1cccc(NCCNC(=O)[C@H](CC(C)C)NC(=O)OCc2ccccc2)c1. The van der Waals surface area contributed by atoms with Crippen molar-refractivity contribution in [2.75, 3.05) is 25.5 Å². The van der Waals surface area contributed by atoms with Gasteiger partial charge in [-0.1, -0.05) is 50.2 Å².